The molecule has 0 fully saturated rings. The maximum absolute atomic E-state index is 9.97. The van der Waals surface area contributed by atoms with E-state index in [4.69, 9.17) is 11.5 Å². The molecule has 0 aliphatic heterocycles. The molecule has 1 unspecified atom stereocenters. The molecule has 0 aliphatic carbocycles. The normalized spacial score (nSPS) is 15.3. The maximum atomic E-state index is 9.97. The largest absolute Gasteiger partial charge is 0.385 e. The smallest absolute Gasteiger partial charge is 0.129 e. The van der Waals surface area contributed by atoms with Gasteiger partial charge in [-0.05, 0) is 26.0 Å². The van der Waals surface area contributed by atoms with E-state index in [-0.39, 0.29) is 0 Å². The number of nitrogens with zero attached hydrogens (tertiary/aromatic N) is 1. The molecule has 1 heterocycles. The SMILES string of the molecule is CC(O)(CCN)c1cccnc1N. The van der Waals surface area contributed by atoms with Crippen molar-refractivity contribution in [1.29, 1.82) is 0 Å². The van der Waals surface area contributed by atoms with Crippen LogP contribution in [0.15, 0.2) is 18.3 Å². The fourth-order valence-corrected chi connectivity index (χ4v) is 1.29. The Kier molecular flexibility index (Phi) is 2.85. The lowest BCUT2D eigenvalue weighted by atomic mass is 9.93. The van der Waals surface area contributed by atoms with E-state index in [1.807, 2.05) is 0 Å². The Morgan fingerprint density at radius 2 is 2.31 bits per heavy atom. The zero-order chi connectivity index (χ0) is 9.90. The molecule has 0 aliphatic rings. The van der Waals surface area contributed by atoms with Gasteiger partial charge in [-0.1, -0.05) is 6.07 Å². The number of anilines is 1. The van der Waals surface area contributed by atoms with E-state index in [2.05, 4.69) is 4.98 Å². The van der Waals surface area contributed by atoms with E-state index in [0.717, 1.165) is 0 Å². The van der Waals surface area contributed by atoms with Gasteiger partial charge in [-0.15, -0.1) is 0 Å². The lowest BCUT2D eigenvalue weighted by molar-refractivity contribution is 0.0509. The second-order valence-corrected chi connectivity index (χ2v) is 3.25. The lowest BCUT2D eigenvalue weighted by Gasteiger charge is -2.23. The van der Waals surface area contributed by atoms with Crippen LogP contribution in [0, 0.1) is 0 Å². The fraction of sp³-hybridized carbons (Fsp3) is 0.444. The monoisotopic (exact) mass is 181 g/mol. The number of aliphatic hydroxyl groups is 1. The van der Waals surface area contributed by atoms with Crippen molar-refractivity contribution in [3.8, 4) is 0 Å². The molecule has 0 amide bonds. The minimum Gasteiger partial charge on any atom is -0.385 e. The zero-order valence-electron chi connectivity index (χ0n) is 7.70. The molecule has 0 saturated heterocycles. The molecule has 72 valence electrons. The standard InChI is InChI=1S/C9H15N3O/c1-9(13,4-5-10)7-3-2-6-12-8(7)11/h2-3,6,13H,4-5,10H2,1H3,(H2,11,12). The van der Waals surface area contributed by atoms with Gasteiger partial charge in [0.2, 0.25) is 0 Å². The Morgan fingerprint density at radius 1 is 1.62 bits per heavy atom. The number of hydrogen-bond acceptors (Lipinski definition) is 4. The number of hydrogen-bond donors (Lipinski definition) is 3. The van der Waals surface area contributed by atoms with Gasteiger partial charge in [0.25, 0.3) is 0 Å². The van der Waals surface area contributed by atoms with Gasteiger partial charge in [-0.25, -0.2) is 4.98 Å². The summed E-state index contributed by atoms with van der Waals surface area (Å²) >= 11 is 0. The van der Waals surface area contributed by atoms with Crippen LogP contribution in [0.25, 0.3) is 0 Å². The van der Waals surface area contributed by atoms with E-state index in [0.29, 0.717) is 24.3 Å². The van der Waals surface area contributed by atoms with Crippen molar-refractivity contribution in [2.24, 2.45) is 5.73 Å². The molecule has 0 radical (unpaired) electrons. The van der Waals surface area contributed by atoms with E-state index in [9.17, 15) is 5.11 Å². The maximum Gasteiger partial charge on any atom is 0.129 e. The minimum atomic E-state index is -0.979. The summed E-state index contributed by atoms with van der Waals surface area (Å²) in [6, 6.07) is 3.51. The first-order chi connectivity index (χ1) is 6.08. The molecule has 0 saturated carbocycles. The van der Waals surface area contributed by atoms with Crippen LogP contribution in [-0.2, 0) is 5.60 Å². The molecule has 1 atom stereocenters. The van der Waals surface area contributed by atoms with Crippen molar-refractivity contribution >= 4 is 5.82 Å². The third-order valence-corrected chi connectivity index (χ3v) is 2.05. The molecule has 1 aromatic rings. The van der Waals surface area contributed by atoms with Crippen molar-refractivity contribution in [2.75, 3.05) is 12.3 Å². The predicted octanol–water partition coefficient (Wildman–Crippen LogP) is 0.220. The predicted molar refractivity (Wildman–Crippen MR) is 51.9 cm³/mol. The molecule has 1 aromatic heterocycles. The van der Waals surface area contributed by atoms with Crippen LogP contribution in [0.2, 0.25) is 0 Å². The molecule has 1 rings (SSSR count). The fourth-order valence-electron chi connectivity index (χ4n) is 1.29. The Hall–Kier alpha value is -1.13. The zero-order valence-corrected chi connectivity index (χ0v) is 7.70. The quantitative estimate of drug-likeness (QED) is 0.622. The van der Waals surface area contributed by atoms with Crippen molar-refractivity contribution in [3.63, 3.8) is 0 Å². The number of pyridine rings is 1. The Balaban J connectivity index is 2.99. The first kappa shape index (κ1) is 9.95. The molecule has 0 aromatic carbocycles. The molecule has 4 nitrogen and oxygen atoms in total. The molecule has 4 heteroatoms. The molecule has 0 bridgehead atoms. The van der Waals surface area contributed by atoms with Gasteiger partial charge in [0.05, 0.1) is 5.60 Å². The van der Waals surface area contributed by atoms with Gasteiger partial charge in [0.15, 0.2) is 0 Å². The number of rotatable bonds is 3. The van der Waals surface area contributed by atoms with E-state index >= 15 is 0 Å². The molecule has 13 heavy (non-hydrogen) atoms. The third kappa shape index (κ3) is 2.17. The van der Waals surface area contributed by atoms with Gasteiger partial charge in [-0.3, -0.25) is 0 Å². The van der Waals surface area contributed by atoms with Crippen LogP contribution in [0.3, 0.4) is 0 Å². The molecule has 0 spiro atoms. The molecule has 5 N–H and O–H groups in total. The molecular formula is C9H15N3O. The average molecular weight is 181 g/mol. The summed E-state index contributed by atoms with van der Waals surface area (Å²) in [6.07, 6.45) is 2.07. The third-order valence-electron chi connectivity index (χ3n) is 2.05. The van der Waals surface area contributed by atoms with Gasteiger partial charge >= 0.3 is 0 Å². The highest BCUT2D eigenvalue weighted by molar-refractivity contribution is 5.42. The van der Waals surface area contributed by atoms with E-state index in [1.54, 1.807) is 25.3 Å². The number of nitrogen functional groups attached to an aromatic ring is 1. The summed E-state index contributed by atoms with van der Waals surface area (Å²) < 4.78 is 0. The second kappa shape index (κ2) is 3.72. The average Bonchev–Trinajstić information content (AvgIpc) is 2.04. The van der Waals surface area contributed by atoms with Crippen LogP contribution in [-0.4, -0.2) is 16.6 Å². The van der Waals surface area contributed by atoms with Crippen LogP contribution in [0.5, 0.6) is 0 Å². The summed E-state index contributed by atoms with van der Waals surface area (Å²) in [4.78, 5) is 3.90. The van der Waals surface area contributed by atoms with Gasteiger partial charge in [0, 0.05) is 11.8 Å². The van der Waals surface area contributed by atoms with Gasteiger partial charge in [0.1, 0.15) is 5.82 Å². The highest BCUT2D eigenvalue weighted by Crippen LogP contribution is 2.26. The van der Waals surface area contributed by atoms with Gasteiger partial charge in [-0.2, -0.15) is 0 Å². The van der Waals surface area contributed by atoms with Crippen molar-refractivity contribution in [2.45, 2.75) is 18.9 Å². The highest BCUT2D eigenvalue weighted by Gasteiger charge is 2.24. The molecular weight excluding hydrogens is 166 g/mol. The van der Waals surface area contributed by atoms with E-state index in [1.165, 1.54) is 0 Å². The number of nitrogens with two attached hydrogens (primary N) is 2. The summed E-state index contributed by atoms with van der Waals surface area (Å²) in [7, 11) is 0. The summed E-state index contributed by atoms with van der Waals surface area (Å²) in [6.45, 7) is 2.11. The Bertz CT molecular complexity index is 286. The number of aromatic nitrogens is 1. The topological polar surface area (TPSA) is 85.2 Å². The highest BCUT2D eigenvalue weighted by atomic mass is 16.3. The minimum absolute atomic E-state index is 0.362. The van der Waals surface area contributed by atoms with Crippen molar-refractivity contribution in [3.05, 3.63) is 23.9 Å². The van der Waals surface area contributed by atoms with Gasteiger partial charge < -0.3 is 16.6 Å². The van der Waals surface area contributed by atoms with Crippen LogP contribution < -0.4 is 11.5 Å². The van der Waals surface area contributed by atoms with E-state index < -0.39 is 5.60 Å². The van der Waals surface area contributed by atoms with Crippen LogP contribution in [0.4, 0.5) is 5.82 Å². The first-order valence-electron chi connectivity index (χ1n) is 4.21. The van der Waals surface area contributed by atoms with Crippen LogP contribution in [0.1, 0.15) is 18.9 Å². The van der Waals surface area contributed by atoms with Crippen LogP contribution >= 0.6 is 0 Å². The van der Waals surface area contributed by atoms with Crippen molar-refractivity contribution in [1.82, 2.24) is 4.98 Å². The first-order valence-corrected chi connectivity index (χ1v) is 4.21. The lowest BCUT2D eigenvalue weighted by Crippen LogP contribution is -2.26. The van der Waals surface area contributed by atoms with Crippen molar-refractivity contribution < 1.29 is 5.11 Å². The Labute approximate surface area is 77.6 Å². The summed E-state index contributed by atoms with van der Waals surface area (Å²) in [5, 5.41) is 9.97. The Morgan fingerprint density at radius 3 is 2.85 bits per heavy atom. The summed E-state index contributed by atoms with van der Waals surface area (Å²) in [5.41, 5.74) is 10.7. The summed E-state index contributed by atoms with van der Waals surface area (Å²) in [5.74, 6) is 0.362. The second-order valence-electron chi connectivity index (χ2n) is 3.25.